The summed E-state index contributed by atoms with van der Waals surface area (Å²) in [5.41, 5.74) is -0.341. The molecule has 0 aromatic carbocycles. The molecule has 0 radical (unpaired) electrons. The van der Waals surface area contributed by atoms with Crippen LogP contribution >= 0.6 is 11.3 Å². The zero-order valence-electron chi connectivity index (χ0n) is 9.94. The number of nitrogens with one attached hydrogen (secondary N) is 1. The van der Waals surface area contributed by atoms with Crippen LogP contribution in [0.5, 0.6) is 0 Å². The SMILES string of the molecule is CCc1c(C)sc2[nH]c(=O)n(CC(=O)O)c(=O)c12. The molecule has 2 aromatic heterocycles. The molecule has 0 bridgehead atoms. The molecule has 96 valence electrons. The molecule has 18 heavy (non-hydrogen) atoms. The van der Waals surface area contributed by atoms with Gasteiger partial charge in [-0.2, -0.15) is 0 Å². The first kappa shape index (κ1) is 12.6. The molecule has 0 aliphatic carbocycles. The number of aryl methyl sites for hydroxylation is 2. The van der Waals surface area contributed by atoms with Gasteiger partial charge >= 0.3 is 11.7 Å². The Bertz CT molecular complexity index is 738. The van der Waals surface area contributed by atoms with Gasteiger partial charge in [0.1, 0.15) is 11.4 Å². The van der Waals surface area contributed by atoms with Crippen LogP contribution < -0.4 is 11.2 Å². The number of carboxylic acid groups (broad SMARTS) is 1. The van der Waals surface area contributed by atoms with Crippen LogP contribution in [0.25, 0.3) is 10.2 Å². The summed E-state index contributed by atoms with van der Waals surface area (Å²) in [6, 6.07) is 0. The van der Waals surface area contributed by atoms with Crippen molar-refractivity contribution < 1.29 is 9.90 Å². The smallest absolute Gasteiger partial charge is 0.329 e. The van der Waals surface area contributed by atoms with Gasteiger partial charge in [0.15, 0.2) is 0 Å². The van der Waals surface area contributed by atoms with Crippen molar-refractivity contribution in [3.05, 3.63) is 31.3 Å². The average molecular weight is 268 g/mol. The maximum atomic E-state index is 12.2. The number of aliphatic carboxylic acids is 1. The Labute approximate surface area is 106 Å². The molecule has 0 aliphatic heterocycles. The van der Waals surface area contributed by atoms with Crippen molar-refractivity contribution in [2.45, 2.75) is 26.8 Å². The lowest BCUT2D eigenvalue weighted by atomic mass is 10.1. The summed E-state index contributed by atoms with van der Waals surface area (Å²) in [5.74, 6) is -1.22. The standard InChI is InChI=1S/C11H12N2O4S/c1-3-6-5(2)18-9-8(6)10(16)13(4-7(14)15)11(17)12-9/h3-4H2,1-2H3,(H,12,17)(H,14,15). The molecule has 2 aromatic rings. The number of hydrogen-bond acceptors (Lipinski definition) is 4. The Morgan fingerprint density at radius 1 is 1.44 bits per heavy atom. The van der Waals surface area contributed by atoms with Gasteiger partial charge in [0, 0.05) is 4.88 Å². The third-order valence-corrected chi connectivity index (χ3v) is 3.84. The van der Waals surface area contributed by atoms with Crippen molar-refractivity contribution in [3.63, 3.8) is 0 Å². The summed E-state index contributed by atoms with van der Waals surface area (Å²) >= 11 is 1.34. The van der Waals surface area contributed by atoms with Gasteiger partial charge in [0.05, 0.1) is 5.39 Å². The van der Waals surface area contributed by atoms with Crippen molar-refractivity contribution in [1.29, 1.82) is 0 Å². The molecule has 6 nitrogen and oxygen atoms in total. The zero-order valence-corrected chi connectivity index (χ0v) is 10.8. The molecule has 0 saturated carbocycles. The van der Waals surface area contributed by atoms with Gasteiger partial charge in [-0.05, 0) is 18.9 Å². The Kier molecular flexibility index (Phi) is 3.08. The molecule has 0 atom stereocenters. The van der Waals surface area contributed by atoms with Crippen LogP contribution in [-0.2, 0) is 17.8 Å². The highest BCUT2D eigenvalue weighted by molar-refractivity contribution is 7.18. The number of carbonyl (C=O) groups is 1. The van der Waals surface area contributed by atoms with Gasteiger partial charge in [-0.1, -0.05) is 6.92 Å². The molecule has 0 unspecified atom stereocenters. The molecule has 2 heterocycles. The minimum atomic E-state index is -1.22. The van der Waals surface area contributed by atoms with Gasteiger partial charge in [-0.3, -0.25) is 14.6 Å². The average Bonchev–Trinajstić information content (AvgIpc) is 2.59. The van der Waals surface area contributed by atoms with E-state index in [1.54, 1.807) is 0 Å². The summed E-state index contributed by atoms with van der Waals surface area (Å²) in [6.07, 6.45) is 0.667. The molecule has 0 amide bonds. The van der Waals surface area contributed by atoms with Gasteiger partial charge < -0.3 is 5.11 Å². The highest BCUT2D eigenvalue weighted by atomic mass is 32.1. The van der Waals surface area contributed by atoms with E-state index in [1.165, 1.54) is 11.3 Å². The van der Waals surface area contributed by atoms with Gasteiger partial charge in [-0.15, -0.1) is 11.3 Å². The van der Waals surface area contributed by atoms with E-state index in [0.717, 1.165) is 15.0 Å². The third-order valence-electron chi connectivity index (χ3n) is 2.78. The summed E-state index contributed by atoms with van der Waals surface area (Å²) in [4.78, 5) is 38.5. The molecule has 0 saturated heterocycles. The summed E-state index contributed by atoms with van der Waals surface area (Å²) in [6.45, 7) is 3.17. The van der Waals surface area contributed by atoms with Crippen molar-refractivity contribution in [1.82, 2.24) is 9.55 Å². The number of fused-ring (bicyclic) bond motifs is 1. The fraction of sp³-hybridized carbons (Fsp3) is 0.364. The van der Waals surface area contributed by atoms with Gasteiger partial charge in [0.25, 0.3) is 5.56 Å². The zero-order chi connectivity index (χ0) is 13.4. The molecule has 0 fully saturated rings. The van der Waals surface area contributed by atoms with Crippen molar-refractivity contribution >= 4 is 27.5 Å². The number of rotatable bonds is 3. The third kappa shape index (κ3) is 1.86. The van der Waals surface area contributed by atoms with E-state index >= 15 is 0 Å². The van der Waals surface area contributed by atoms with E-state index in [9.17, 15) is 14.4 Å². The lowest BCUT2D eigenvalue weighted by Gasteiger charge is -2.01. The van der Waals surface area contributed by atoms with Crippen LogP contribution in [0.4, 0.5) is 0 Å². The number of aromatic nitrogens is 2. The quantitative estimate of drug-likeness (QED) is 0.857. The van der Waals surface area contributed by atoms with E-state index in [4.69, 9.17) is 5.11 Å². The van der Waals surface area contributed by atoms with E-state index in [2.05, 4.69) is 4.98 Å². The lowest BCUT2D eigenvalue weighted by molar-refractivity contribution is -0.137. The fourth-order valence-electron chi connectivity index (χ4n) is 1.99. The van der Waals surface area contributed by atoms with Crippen molar-refractivity contribution in [3.8, 4) is 0 Å². The first-order chi connectivity index (χ1) is 8.45. The molecule has 2 N–H and O–H groups in total. The van der Waals surface area contributed by atoms with Crippen LogP contribution in [-0.4, -0.2) is 20.6 Å². The van der Waals surface area contributed by atoms with Crippen LogP contribution in [0.3, 0.4) is 0 Å². The molecular weight excluding hydrogens is 256 g/mol. The predicted octanol–water partition coefficient (Wildman–Crippen LogP) is 0.707. The highest BCUT2D eigenvalue weighted by Gasteiger charge is 2.16. The lowest BCUT2D eigenvalue weighted by Crippen LogP contribution is -2.37. The largest absolute Gasteiger partial charge is 0.480 e. The monoisotopic (exact) mass is 268 g/mol. The van der Waals surface area contributed by atoms with Crippen LogP contribution in [0.1, 0.15) is 17.4 Å². The topological polar surface area (TPSA) is 92.2 Å². The molecule has 0 spiro atoms. The maximum absolute atomic E-state index is 12.2. The highest BCUT2D eigenvalue weighted by Crippen LogP contribution is 2.26. The molecule has 2 rings (SSSR count). The number of thiophene rings is 1. The fourth-order valence-corrected chi connectivity index (χ4v) is 3.12. The van der Waals surface area contributed by atoms with Crippen molar-refractivity contribution in [2.75, 3.05) is 0 Å². The number of hydrogen-bond donors (Lipinski definition) is 2. The Morgan fingerprint density at radius 3 is 2.67 bits per heavy atom. The minimum Gasteiger partial charge on any atom is -0.480 e. The number of carboxylic acids is 1. The summed E-state index contributed by atoms with van der Waals surface area (Å²) < 4.78 is 0.718. The summed E-state index contributed by atoms with van der Waals surface area (Å²) in [7, 11) is 0. The van der Waals surface area contributed by atoms with Crippen LogP contribution in [0.2, 0.25) is 0 Å². The van der Waals surface area contributed by atoms with E-state index in [0.29, 0.717) is 16.6 Å². The molecule has 7 heteroatoms. The van der Waals surface area contributed by atoms with Crippen LogP contribution in [0, 0.1) is 6.92 Å². The number of aromatic amines is 1. The molecule has 0 aliphatic rings. The van der Waals surface area contributed by atoms with E-state index < -0.39 is 23.8 Å². The second-order valence-electron chi connectivity index (χ2n) is 3.91. The van der Waals surface area contributed by atoms with E-state index in [-0.39, 0.29) is 0 Å². The number of H-pyrrole nitrogens is 1. The summed E-state index contributed by atoms with van der Waals surface area (Å²) in [5, 5.41) is 9.14. The van der Waals surface area contributed by atoms with E-state index in [1.807, 2.05) is 13.8 Å². The predicted molar refractivity (Wildman–Crippen MR) is 68.5 cm³/mol. The minimum absolute atomic E-state index is 0.431. The first-order valence-corrected chi connectivity index (χ1v) is 6.24. The van der Waals surface area contributed by atoms with Crippen molar-refractivity contribution in [2.24, 2.45) is 0 Å². The Hall–Kier alpha value is -1.89. The second-order valence-corrected chi connectivity index (χ2v) is 5.13. The maximum Gasteiger partial charge on any atom is 0.329 e. The normalized spacial score (nSPS) is 11.0. The Balaban J connectivity index is 2.87. The number of nitrogens with zero attached hydrogens (tertiary/aromatic N) is 1. The Morgan fingerprint density at radius 2 is 2.11 bits per heavy atom. The van der Waals surface area contributed by atoms with Crippen LogP contribution in [0.15, 0.2) is 9.59 Å². The van der Waals surface area contributed by atoms with Gasteiger partial charge in [0.2, 0.25) is 0 Å². The molecular formula is C11H12N2O4S. The van der Waals surface area contributed by atoms with Gasteiger partial charge in [-0.25, -0.2) is 9.36 Å². The second kappa shape index (κ2) is 4.41. The first-order valence-electron chi connectivity index (χ1n) is 5.42.